The number of ether oxygens (including phenoxy) is 3. The molecule has 0 unspecified atom stereocenters. The summed E-state index contributed by atoms with van der Waals surface area (Å²) in [4.78, 5) is 4.35. The minimum atomic E-state index is 0.581. The largest absolute Gasteiger partial charge is 0.493 e. The first-order valence-corrected chi connectivity index (χ1v) is 8.11. The second kappa shape index (κ2) is 7.49. The van der Waals surface area contributed by atoms with Crippen LogP contribution in [0.1, 0.15) is 5.56 Å². The van der Waals surface area contributed by atoms with Crippen molar-refractivity contribution in [2.24, 2.45) is 0 Å². The average Bonchev–Trinajstić information content (AvgIpc) is 2.64. The highest BCUT2D eigenvalue weighted by molar-refractivity contribution is 6.31. The summed E-state index contributed by atoms with van der Waals surface area (Å²) in [5.41, 5.74) is 2.84. The molecule has 0 radical (unpaired) electrons. The Balaban J connectivity index is 1.89. The first-order chi connectivity index (χ1) is 12.2. The fourth-order valence-electron chi connectivity index (χ4n) is 2.71. The van der Waals surface area contributed by atoms with Gasteiger partial charge in [0.25, 0.3) is 0 Å². The molecule has 0 saturated carbocycles. The average molecular weight is 359 g/mol. The maximum Gasteiger partial charge on any atom is 0.203 e. The van der Waals surface area contributed by atoms with Crippen molar-refractivity contribution < 1.29 is 14.2 Å². The third-order valence-corrected chi connectivity index (χ3v) is 4.15. The Hall–Kier alpha value is -2.66. The van der Waals surface area contributed by atoms with E-state index in [1.54, 1.807) is 27.5 Å². The Morgan fingerprint density at radius 1 is 0.960 bits per heavy atom. The summed E-state index contributed by atoms with van der Waals surface area (Å²) >= 11 is 6.04. The minimum absolute atomic E-state index is 0.581. The molecule has 0 aliphatic heterocycles. The van der Waals surface area contributed by atoms with Gasteiger partial charge in [0.05, 0.1) is 26.8 Å². The number of nitrogens with zero attached hydrogens (tertiary/aromatic N) is 1. The van der Waals surface area contributed by atoms with Crippen molar-refractivity contribution in [1.29, 1.82) is 0 Å². The molecule has 0 aliphatic rings. The van der Waals surface area contributed by atoms with Gasteiger partial charge in [0, 0.05) is 28.8 Å². The van der Waals surface area contributed by atoms with Crippen LogP contribution in [0.3, 0.4) is 0 Å². The Morgan fingerprint density at radius 3 is 2.32 bits per heavy atom. The number of hydrogen-bond donors (Lipinski definition) is 1. The molecule has 130 valence electrons. The van der Waals surface area contributed by atoms with E-state index in [2.05, 4.69) is 10.3 Å². The third-order valence-electron chi connectivity index (χ3n) is 3.91. The van der Waals surface area contributed by atoms with Crippen molar-refractivity contribution in [3.63, 3.8) is 0 Å². The summed E-state index contributed by atoms with van der Waals surface area (Å²) in [5.74, 6) is 1.84. The lowest BCUT2D eigenvalue weighted by Crippen LogP contribution is -2.03. The van der Waals surface area contributed by atoms with Crippen LogP contribution in [0.15, 0.2) is 42.6 Å². The summed E-state index contributed by atoms with van der Waals surface area (Å²) in [6, 6.07) is 11.5. The highest BCUT2D eigenvalue weighted by Gasteiger charge is 2.13. The van der Waals surface area contributed by atoms with Crippen LogP contribution < -0.4 is 19.5 Å². The molecule has 0 saturated heterocycles. The van der Waals surface area contributed by atoms with Crippen molar-refractivity contribution in [2.75, 3.05) is 26.6 Å². The molecule has 0 bridgehead atoms. The van der Waals surface area contributed by atoms with Crippen LogP contribution in [0.5, 0.6) is 17.2 Å². The van der Waals surface area contributed by atoms with E-state index in [4.69, 9.17) is 25.8 Å². The van der Waals surface area contributed by atoms with E-state index < -0.39 is 0 Å². The van der Waals surface area contributed by atoms with Crippen LogP contribution in [0.25, 0.3) is 10.9 Å². The van der Waals surface area contributed by atoms with Crippen molar-refractivity contribution in [2.45, 2.75) is 6.54 Å². The van der Waals surface area contributed by atoms with Gasteiger partial charge < -0.3 is 19.5 Å². The molecule has 25 heavy (non-hydrogen) atoms. The highest BCUT2D eigenvalue weighted by Crippen LogP contribution is 2.38. The molecule has 0 atom stereocenters. The van der Waals surface area contributed by atoms with Gasteiger partial charge in [-0.2, -0.15) is 0 Å². The molecule has 0 aliphatic carbocycles. The summed E-state index contributed by atoms with van der Waals surface area (Å²) in [6.07, 6.45) is 1.76. The predicted molar refractivity (Wildman–Crippen MR) is 100 cm³/mol. The van der Waals surface area contributed by atoms with Gasteiger partial charge in [-0.25, -0.2) is 0 Å². The van der Waals surface area contributed by atoms with Gasteiger partial charge >= 0.3 is 0 Å². The lowest BCUT2D eigenvalue weighted by atomic mass is 10.1. The number of methoxy groups -OCH3 is 3. The zero-order valence-corrected chi connectivity index (χ0v) is 15.1. The number of aromatic nitrogens is 1. The number of hydrogen-bond acceptors (Lipinski definition) is 5. The number of fused-ring (bicyclic) bond motifs is 1. The maximum atomic E-state index is 6.04. The van der Waals surface area contributed by atoms with Gasteiger partial charge in [-0.1, -0.05) is 11.6 Å². The molecule has 1 aromatic heterocycles. The summed E-state index contributed by atoms with van der Waals surface area (Å²) in [6.45, 7) is 0.596. The second-order valence-corrected chi connectivity index (χ2v) is 5.84. The summed E-state index contributed by atoms with van der Waals surface area (Å²) in [7, 11) is 4.80. The van der Waals surface area contributed by atoms with Gasteiger partial charge in [-0.15, -0.1) is 0 Å². The monoisotopic (exact) mass is 358 g/mol. The van der Waals surface area contributed by atoms with Crippen molar-refractivity contribution in [3.05, 3.63) is 53.2 Å². The van der Waals surface area contributed by atoms with E-state index in [1.807, 2.05) is 36.4 Å². The molecular weight excluding hydrogens is 340 g/mol. The van der Waals surface area contributed by atoms with E-state index in [1.165, 1.54) is 0 Å². The fraction of sp³-hybridized carbons (Fsp3) is 0.211. The molecular formula is C19H19ClN2O3. The van der Waals surface area contributed by atoms with E-state index in [9.17, 15) is 0 Å². The molecule has 0 amide bonds. The quantitative estimate of drug-likeness (QED) is 0.701. The van der Waals surface area contributed by atoms with Crippen LogP contribution in [-0.2, 0) is 6.54 Å². The Kier molecular flexibility index (Phi) is 5.14. The van der Waals surface area contributed by atoms with E-state index in [0.29, 0.717) is 28.8 Å². The van der Waals surface area contributed by atoms with Crippen LogP contribution in [-0.4, -0.2) is 26.3 Å². The molecule has 2 aromatic carbocycles. The van der Waals surface area contributed by atoms with Crippen molar-refractivity contribution in [3.8, 4) is 17.2 Å². The lowest BCUT2D eigenvalue weighted by molar-refractivity contribution is 0.324. The Labute approximate surface area is 151 Å². The molecule has 3 rings (SSSR count). The molecule has 0 fully saturated rings. The highest BCUT2D eigenvalue weighted by atomic mass is 35.5. The van der Waals surface area contributed by atoms with Gasteiger partial charge in [-0.3, -0.25) is 4.98 Å². The number of pyridine rings is 1. The topological polar surface area (TPSA) is 52.6 Å². The van der Waals surface area contributed by atoms with Crippen LogP contribution in [0.4, 0.5) is 5.69 Å². The summed E-state index contributed by atoms with van der Waals surface area (Å²) in [5, 5.41) is 5.11. The fourth-order valence-corrected chi connectivity index (χ4v) is 2.88. The minimum Gasteiger partial charge on any atom is -0.493 e. The van der Waals surface area contributed by atoms with Crippen molar-refractivity contribution >= 4 is 28.2 Å². The van der Waals surface area contributed by atoms with Gasteiger partial charge in [-0.05, 0) is 42.0 Å². The summed E-state index contributed by atoms with van der Waals surface area (Å²) < 4.78 is 16.1. The molecule has 6 heteroatoms. The van der Waals surface area contributed by atoms with Crippen molar-refractivity contribution in [1.82, 2.24) is 4.98 Å². The number of nitrogens with one attached hydrogen (secondary N) is 1. The van der Waals surface area contributed by atoms with E-state index >= 15 is 0 Å². The van der Waals surface area contributed by atoms with Crippen LogP contribution in [0, 0.1) is 0 Å². The van der Waals surface area contributed by atoms with Gasteiger partial charge in [0.1, 0.15) is 0 Å². The maximum absolute atomic E-state index is 6.04. The Morgan fingerprint density at radius 2 is 1.68 bits per heavy atom. The standard InChI is InChI=1S/C19H19ClN2O3/c1-23-17-8-12(9-18(24-2)19(17)25-3)11-22-15-6-7-21-16-10-13(20)4-5-14(15)16/h4-10H,11H2,1-3H3,(H,21,22). The first-order valence-electron chi connectivity index (χ1n) is 7.73. The van der Waals surface area contributed by atoms with E-state index in [-0.39, 0.29) is 0 Å². The predicted octanol–water partition coefficient (Wildman–Crippen LogP) is 4.53. The second-order valence-electron chi connectivity index (χ2n) is 5.41. The number of halogens is 1. The number of rotatable bonds is 6. The smallest absolute Gasteiger partial charge is 0.203 e. The number of benzene rings is 2. The molecule has 3 aromatic rings. The molecule has 5 nitrogen and oxygen atoms in total. The molecule has 1 N–H and O–H groups in total. The molecule has 0 spiro atoms. The van der Waals surface area contributed by atoms with Gasteiger partial charge in [0.2, 0.25) is 5.75 Å². The molecule has 1 heterocycles. The van der Waals surface area contributed by atoms with Crippen LogP contribution >= 0.6 is 11.6 Å². The SMILES string of the molecule is COc1cc(CNc2ccnc3cc(Cl)ccc23)cc(OC)c1OC. The third kappa shape index (κ3) is 3.56. The van der Waals surface area contributed by atoms with Crippen LogP contribution in [0.2, 0.25) is 5.02 Å². The zero-order valence-electron chi connectivity index (χ0n) is 14.3. The zero-order chi connectivity index (χ0) is 17.8. The number of anilines is 1. The first kappa shape index (κ1) is 17.2. The normalized spacial score (nSPS) is 10.6. The Bertz CT molecular complexity index is 874. The lowest BCUT2D eigenvalue weighted by Gasteiger charge is -2.15. The van der Waals surface area contributed by atoms with Gasteiger partial charge in [0.15, 0.2) is 11.5 Å². The van der Waals surface area contributed by atoms with E-state index in [0.717, 1.165) is 22.2 Å².